The van der Waals surface area contributed by atoms with Crippen molar-refractivity contribution in [3.8, 4) is 11.8 Å². The monoisotopic (exact) mass is 180 g/mol. The van der Waals surface area contributed by atoms with Gasteiger partial charge in [-0.2, -0.15) is 0 Å². The number of ketones is 1. The zero-order chi connectivity index (χ0) is 9.90. The van der Waals surface area contributed by atoms with Crippen LogP contribution in [0.3, 0.4) is 0 Å². The third-order valence-corrected chi connectivity index (χ3v) is 2.78. The molecule has 0 amide bonds. The van der Waals surface area contributed by atoms with E-state index in [0.29, 0.717) is 5.78 Å². The molecule has 0 radical (unpaired) electrons. The summed E-state index contributed by atoms with van der Waals surface area (Å²) in [5.41, 5.74) is 0. The van der Waals surface area contributed by atoms with Crippen LogP contribution in [-0.4, -0.2) is 36.9 Å². The van der Waals surface area contributed by atoms with Crippen LogP contribution in [0.5, 0.6) is 0 Å². The molecule has 0 aromatic carbocycles. The van der Waals surface area contributed by atoms with E-state index in [9.17, 15) is 4.79 Å². The summed E-state index contributed by atoms with van der Waals surface area (Å²) >= 11 is 0. The average molecular weight is 180 g/mol. The minimum atomic E-state index is 0.195. The van der Waals surface area contributed by atoms with Gasteiger partial charge in [-0.25, -0.2) is 0 Å². The van der Waals surface area contributed by atoms with Gasteiger partial charge in [0.1, 0.15) is 12.6 Å². The molecule has 1 rings (SSSR count). The van der Waals surface area contributed by atoms with Gasteiger partial charge in [-0.3, -0.25) is 4.79 Å². The van der Waals surface area contributed by atoms with Crippen molar-refractivity contribution in [3.63, 3.8) is 0 Å². The minimum Gasteiger partial charge on any atom is -0.310 e. The minimum absolute atomic E-state index is 0.195. The lowest BCUT2D eigenvalue weighted by atomic mass is 10.1. The summed E-state index contributed by atoms with van der Waals surface area (Å²) in [6.45, 7) is 2.63. The molecule has 72 valence electrons. The number of Topliss-reactive ketones (excluding diaryl/α,β-unsaturated/α-hetero) is 1. The summed E-state index contributed by atoms with van der Waals surface area (Å²) in [6, 6.07) is 0.195. The van der Waals surface area contributed by atoms with Gasteiger partial charge in [-0.1, -0.05) is 0 Å². The summed E-state index contributed by atoms with van der Waals surface area (Å²) in [6.07, 6.45) is 2.87. The number of carbonyl (C=O) groups is 1. The summed E-state index contributed by atoms with van der Waals surface area (Å²) in [5.74, 6) is 6.36. The Hall–Kier alpha value is -0.810. The van der Waals surface area contributed by atoms with Crippen LogP contribution in [0.15, 0.2) is 0 Å². The van der Waals surface area contributed by atoms with Crippen molar-refractivity contribution in [2.24, 2.45) is 0 Å². The van der Waals surface area contributed by atoms with Crippen molar-refractivity contribution in [1.82, 2.24) is 0 Å². The molecule has 0 aliphatic heterocycles. The highest BCUT2D eigenvalue weighted by Crippen LogP contribution is 2.23. The molecule has 1 atom stereocenters. The normalized spacial score (nSPS) is 22.7. The zero-order valence-corrected chi connectivity index (χ0v) is 8.76. The molecule has 0 aromatic rings. The number of likely N-dealkylation sites (N-methyl/N-ethyl adjacent to an activating group) is 1. The largest absolute Gasteiger partial charge is 0.310 e. The molecular formula is C11H18NO+. The van der Waals surface area contributed by atoms with Gasteiger partial charge >= 0.3 is 0 Å². The second kappa shape index (κ2) is 3.93. The molecule has 0 spiro atoms. The molecule has 13 heavy (non-hydrogen) atoms. The summed E-state index contributed by atoms with van der Waals surface area (Å²) in [4.78, 5) is 11.5. The van der Waals surface area contributed by atoms with Crippen molar-refractivity contribution in [2.75, 3.05) is 20.6 Å². The van der Waals surface area contributed by atoms with E-state index in [1.54, 1.807) is 0 Å². The smallest absolute Gasteiger partial charge is 0.189 e. The van der Waals surface area contributed by atoms with Crippen molar-refractivity contribution >= 4 is 5.78 Å². The van der Waals surface area contributed by atoms with Crippen LogP contribution in [0.4, 0.5) is 0 Å². The van der Waals surface area contributed by atoms with Crippen LogP contribution < -0.4 is 0 Å². The van der Waals surface area contributed by atoms with Crippen LogP contribution >= 0.6 is 0 Å². The molecule has 1 fully saturated rings. The Bertz CT molecular complexity index is 257. The Kier molecular flexibility index (Phi) is 3.11. The van der Waals surface area contributed by atoms with E-state index in [-0.39, 0.29) is 6.04 Å². The van der Waals surface area contributed by atoms with Crippen LogP contribution in [0, 0.1) is 11.8 Å². The van der Waals surface area contributed by atoms with E-state index >= 15 is 0 Å². The highest BCUT2D eigenvalue weighted by atomic mass is 16.1. The fraction of sp³-hybridized carbons (Fsp3) is 0.727. The van der Waals surface area contributed by atoms with Crippen LogP contribution in [0.2, 0.25) is 0 Å². The number of carbonyl (C=O) groups excluding carboxylic acids is 1. The maximum absolute atomic E-state index is 11.5. The Morgan fingerprint density at radius 3 is 2.69 bits per heavy atom. The highest BCUT2D eigenvalue weighted by molar-refractivity contribution is 5.84. The molecule has 1 aliphatic rings. The van der Waals surface area contributed by atoms with Gasteiger partial charge in [0.05, 0.1) is 14.1 Å². The van der Waals surface area contributed by atoms with E-state index in [2.05, 4.69) is 25.9 Å². The number of quaternary nitrogens is 1. The lowest BCUT2D eigenvalue weighted by Crippen LogP contribution is -2.51. The average Bonchev–Trinajstić information content (AvgIpc) is 2.48. The molecule has 1 saturated carbocycles. The molecule has 1 unspecified atom stereocenters. The van der Waals surface area contributed by atoms with Crippen LogP contribution in [0.1, 0.15) is 26.2 Å². The van der Waals surface area contributed by atoms with E-state index in [1.165, 1.54) is 0 Å². The predicted molar refractivity (Wildman–Crippen MR) is 53.1 cm³/mol. The lowest BCUT2D eigenvalue weighted by molar-refractivity contribution is -0.898. The summed E-state index contributed by atoms with van der Waals surface area (Å²) in [7, 11) is 4.19. The number of hydrogen-bond donors (Lipinski definition) is 0. The summed E-state index contributed by atoms with van der Waals surface area (Å²) < 4.78 is 0.736. The molecule has 0 saturated heterocycles. The molecule has 0 heterocycles. The molecule has 2 nitrogen and oxygen atoms in total. The Morgan fingerprint density at radius 1 is 1.54 bits per heavy atom. The maximum atomic E-state index is 11.5. The maximum Gasteiger partial charge on any atom is 0.189 e. The number of hydrogen-bond acceptors (Lipinski definition) is 1. The van der Waals surface area contributed by atoms with Gasteiger partial charge in [0.25, 0.3) is 0 Å². The fourth-order valence-corrected chi connectivity index (χ4v) is 1.93. The second-order valence-corrected chi connectivity index (χ2v) is 4.24. The van der Waals surface area contributed by atoms with Gasteiger partial charge in [0.15, 0.2) is 5.78 Å². The van der Waals surface area contributed by atoms with Gasteiger partial charge in [-0.15, -0.1) is 5.92 Å². The second-order valence-electron chi connectivity index (χ2n) is 4.24. The first-order valence-corrected chi connectivity index (χ1v) is 4.83. The standard InChI is InChI=1S/C11H18NO/c1-4-5-9-12(2,3)10-7-6-8-11(10)13/h10H,6-9H2,1-3H3/q+1. The van der Waals surface area contributed by atoms with Crippen molar-refractivity contribution in [3.05, 3.63) is 0 Å². The molecule has 1 aliphatic carbocycles. The van der Waals surface area contributed by atoms with E-state index in [1.807, 2.05) is 6.92 Å². The molecule has 2 heteroatoms. The zero-order valence-electron chi connectivity index (χ0n) is 8.76. The van der Waals surface area contributed by atoms with Crippen LogP contribution in [-0.2, 0) is 4.79 Å². The van der Waals surface area contributed by atoms with Gasteiger partial charge in [-0.05, 0) is 19.3 Å². The quantitative estimate of drug-likeness (QED) is 0.461. The van der Waals surface area contributed by atoms with E-state index < -0.39 is 0 Å². The number of nitrogens with zero attached hydrogens (tertiary/aromatic N) is 1. The molecule has 0 N–H and O–H groups in total. The third kappa shape index (κ3) is 2.32. The predicted octanol–water partition coefficient (Wildman–Crippen LogP) is 1.21. The highest BCUT2D eigenvalue weighted by Gasteiger charge is 2.37. The topological polar surface area (TPSA) is 17.1 Å². The molecular weight excluding hydrogens is 162 g/mol. The Morgan fingerprint density at radius 2 is 2.23 bits per heavy atom. The van der Waals surface area contributed by atoms with E-state index in [0.717, 1.165) is 30.3 Å². The first-order valence-electron chi connectivity index (χ1n) is 4.83. The van der Waals surface area contributed by atoms with Crippen molar-refractivity contribution in [1.29, 1.82) is 0 Å². The Labute approximate surface area is 80.5 Å². The first-order chi connectivity index (χ1) is 6.08. The van der Waals surface area contributed by atoms with Crippen LogP contribution in [0.25, 0.3) is 0 Å². The summed E-state index contributed by atoms with van der Waals surface area (Å²) in [5, 5.41) is 0. The van der Waals surface area contributed by atoms with Crippen molar-refractivity contribution < 1.29 is 9.28 Å². The first kappa shape index (κ1) is 10.3. The lowest BCUT2D eigenvalue weighted by Gasteiger charge is -2.32. The number of rotatable bonds is 2. The fourth-order valence-electron chi connectivity index (χ4n) is 1.93. The van der Waals surface area contributed by atoms with Gasteiger partial charge in [0.2, 0.25) is 0 Å². The molecule has 0 bridgehead atoms. The molecule has 0 aromatic heterocycles. The SMILES string of the molecule is CC#CC[N+](C)(C)C1CCCC1=O. The van der Waals surface area contributed by atoms with Gasteiger partial charge in [0, 0.05) is 12.8 Å². The van der Waals surface area contributed by atoms with Crippen molar-refractivity contribution in [2.45, 2.75) is 32.2 Å². The van der Waals surface area contributed by atoms with Gasteiger partial charge < -0.3 is 4.48 Å². The Balaban J connectivity index is 2.65. The van der Waals surface area contributed by atoms with E-state index in [4.69, 9.17) is 0 Å². The third-order valence-electron chi connectivity index (χ3n) is 2.78.